The van der Waals surface area contributed by atoms with E-state index >= 15 is 0 Å². The van der Waals surface area contributed by atoms with Crippen LogP contribution in [0, 0.1) is 5.82 Å². The van der Waals surface area contributed by atoms with Crippen molar-refractivity contribution in [1.29, 1.82) is 0 Å². The predicted octanol–water partition coefficient (Wildman–Crippen LogP) is 7.62. The van der Waals surface area contributed by atoms with Crippen molar-refractivity contribution in [3.05, 3.63) is 102 Å². The Hall–Kier alpha value is -4.33. The zero-order valence-electron chi connectivity index (χ0n) is 24.5. The minimum absolute atomic E-state index is 0.256. The molecule has 43 heavy (non-hydrogen) atoms. The molecule has 0 aliphatic rings. The second-order valence-corrected chi connectivity index (χ2v) is 14.8. The Kier molecular flexibility index (Phi) is 8.10. The molecule has 0 unspecified atom stereocenters. The summed E-state index contributed by atoms with van der Waals surface area (Å²) in [7, 11) is -2.07. The maximum absolute atomic E-state index is 13.7. The van der Waals surface area contributed by atoms with Crippen molar-refractivity contribution in [1.82, 2.24) is 24.6 Å². The van der Waals surface area contributed by atoms with Gasteiger partial charge < -0.3 is 14.3 Å². The molecule has 3 aromatic carbocycles. The van der Waals surface area contributed by atoms with Crippen LogP contribution in [0.5, 0.6) is 0 Å². The number of rotatable bonds is 11. The Morgan fingerprint density at radius 1 is 1.02 bits per heavy atom. The van der Waals surface area contributed by atoms with E-state index < -0.39 is 7.14 Å². The molecule has 0 bridgehead atoms. The van der Waals surface area contributed by atoms with E-state index in [2.05, 4.69) is 32.2 Å². The second-order valence-electron chi connectivity index (χ2n) is 11.2. The molecule has 0 aliphatic carbocycles. The maximum Gasteiger partial charge on any atom is 0.141 e. The lowest BCUT2D eigenvalue weighted by Gasteiger charge is -2.20. The number of nitrogens with one attached hydrogen (secondary N) is 1. The highest BCUT2D eigenvalue weighted by atomic mass is 31.2. The summed E-state index contributed by atoms with van der Waals surface area (Å²) in [5, 5.41) is 9.81. The fourth-order valence-electron chi connectivity index (χ4n) is 5.11. The van der Waals surface area contributed by atoms with Crippen molar-refractivity contribution in [3.63, 3.8) is 0 Å². The summed E-state index contributed by atoms with van der Waals surface area (Å²) < 4.78 is 33.9. The largest absolute Gasteiger partial charge is 0.460 e. The van der Waals surface area contributed by atoms with Gasteiger partial charge in [0, 0.05) is 34.7 Å². The molecular weight excluding hydrogens is 562 g/mol. The number of fused-ring (bicyclic) bond motifs is 2. The summed E-state index contributed by atoms with van der Waals surface area (Å²) in [6.07, 6.45) is 4.06. The highest BCUT2D eigenvalue weighted by Crippen LogP contribution is 2.35. The molecule has 6 aromatic rings. The highest BCUT2D eigenvalue weighted by molar-refractivity contribution is 7.62. The number of furan rings is 1. The monoisotopic (exact) mass is 596 g/mol. The molecule has 6 rings (SSSR count). The average Bonchev–Trinajstić information content (AvgIpc) is 3.62. The van der Waals surface area contributed by atoms with Crippen LogP contribution in [0.2, 0.25) is 0 Å². The third-order valence-corrected chi connectivity index (χ3v) is 8.77. The number of aromatic nitrogens is 4. The number of hydrogen-bond acceptors (Lipinski definition) is 7. The van der Waals surface area contributed by atoms with Crippen LogP contribution in [0.1, 0.15) is 18.2 Å². The van der Waals surface area contributed by atoms with E-state index in [0.29, 0.717) is 25.1 Å². The summed E-state index contributed by atoms with van der Waals surface area (Å²) in [5.74, 6) is 2.07. The van der Waals surface area contributed by atoms with Crippen molar-refractivity contribution in [2.45, 2.75) is 20.0 Å². The molecule has 220 valence electrons. The van der Waals surface area contributed by atoms with Crippen molar-refractivity contribution in [3.8, 4) is 11.3 Å². The summed E-state index contributed by atoms with van der Waals surface area (Å²) >= 11 is 0. The lowest BCUT2D eigenvalue weighted by Crippen LogP contribution is -2.25. The van der Waals surface area contributed by atoms with E-state index in [9.17, 15) is 8.96 Å². The summed E-state index contributed by atoms with van der Waals surface area (Å²) in [6.45, 7) is 8.56. The first-order chi connectivity index (χ1) is 20.7. The van der Waals surface area contributed by atoms with Crippen molar-refractivity contribution in [2.24, 2.45) is 0 Å². The molecule has 0 spiro atoms. The molecule has 3 heterocycles. The summed E-state index contributed by atoms with van der Waals surface area (Å²) in [4.78, 5) is 11.3. The van der Waals surface area contributed by atoms with Crippen molar-refractivity contribution < 1.29 is 13.4 Å². The van der Waals surface area contributed by atoms with Crippen LogP contribution in [-0.4, -0.2) is 57.2 Å². The molecule has 0 amide bonds. The quantitative estimate of drug-likeness (QED) is 0.154. The molecule has 0 saturated heterocycles. The Labute approximate surface area is 249 Å². The minimum atomic E-state index is -2.07. The van der Waals surface area contributed by atoms with E-state index in [4.69, 9.17) is 4.42 Å². The first-order valence-electron chi connectivity index (χ1n) is 14.3. The summed E-state index contributed by atoms with van der Waals surface area (Å²) in [5.41, 5.74) is 4.43. The average molecular weight is 597 g/mol. The molecule has 8 nitrogen and oxygen atoms in total. The van der Waals surface area contributed by atoms with Crippen LogP contribution in [0.3, 0.4) is 0 Å². The third-order valence-electron chi connectivity index (χ3n) is 7.49. The number of halogens is 1. The molecule has 10 heteroatoms. The molecular formula is C33H34FN6O2P. The third kappa shape index (κ3) is 6.85. The zero-order valence-corrected chi connectivity index (χ0v) is 25.4. The minimum Gasteiger partial charge on any atom is -0.460 e. The Balaban J connectivity index is 1.21. The fraction of sp³-hybridized carbons (Fsp3) is 0.242. The highest BCUT2D eigenvalue weighted by Gasteiger charge is 2.14. The molecule has 0 aliphatic heterocycles. The van der Waals surface area contributed by atoms with Gasteiger partial charge in [-0.15, -0.1) is 0 Å². The van der Waals surface area contributed by atoms with Crippen molar-refractivity contribution in [2.75, 3.05) is 37.9 Å². The second kappa shape index (κ2) is 12.1. The Morgan fingerprint density at radius 2 is 1.91 bits per heavy atom. The summed E-state index contributed by atoms with van der Waals surface area (Å²) in [6, 6.07) is 22.6. The molecule has 3 aromatic heterocycles. The Bertz CT molecular complexity index is 1950. The number of hydrogen-bond donors (Lipinski definition) is 1. The number of nitrogens with zero attached hydrogens (tertiary/aromatic N) is 5. The van der Waals surface area contributed by atoms with Gasteiger partial charge in [-0.1, -0.05) is 19.1 Å². The number of benzene rings is 3. The van der Waals surface area contributed by atoms with Crippen LogP contribution in [0.25, 0.3) is 33.1 Å². The standard InChI is InChI=1S/C33H34FN6O2P/c1-4-39(14-15-43(2,3)41)21-28-10-13-32(42-28)24-8-11-30-29(18-24)33(36-22-35-30)38-27-9-12-31-25(17-27)19-37-40(31)20-23-6-5-7-26(34)16-23/h5-13,16-19,22H,4,14-15,20-21H2,1-3H3,(H,35,36,38). The predicted molar refractivity (Wildman–Crippen MR) is 171 cm³/mol. The topological polar surface area (TPSA) is 89.1 Å². The van der Waals surface area contributed by atoms with Gasteiger partial charge in [0.25, 0.3) is 0 Å². The van der Waals surface area contributed by atoms with E-state index in [0.717, 1.165) is 63.2 Å². The fourth-order valence-corrected chi connectivity index (χ4v) is 5.88. The van der Waals surface area contributed by atoms with E-state index in [-0.39, 0.29) is 5.82 Å². The molecule has 0 fully saturated rings. The van der Waals surface area contributed by atoms with Gasteiger partial charge in [0.05, 0.1) is 37.5 Å². The van der Waals surface area contributed by atoms with Gasteiger partial charge in [-0.25, -0.2) is 14.4 Å². The molecule has 0 radical (unpaired) electrons. The molecule has 0 saturated carbocycles. The van der Waals surface area contributed by atoms with E-state index in [1.807, 2.05) is 78.8 Å². The van der Waals surface area contributed by atoms with Gasteiger partial charge in [0.2, 0.25) is 0 Å². The normalized spacial score (nSPS) is 12.0. The van der Waals surface area contributed by atoms with Gasteiger partial charge >= 0.3 is 0 Å². The van der Waals surface area contributed by atoms with Crippen LogP contribution in [0.4, 0.5) is 15.9 Å². The van der Waals surface area contributed by atoms with Crippen LogP contribution < -0.4 is 5.32 Å². The first-order valence-corrected chi connectivity index (χ1v) is 17.1. The van der Waals surface area contributed by atoms with Crippen LogP contribution in [0.15, 0.2) is 89.7 Å². The Morgan fingerprint density at radius 3 is 2.72 bits per heavy atom. The van der Waals surface area contributed by atoms with Crippen molar-refractivity contribution >= 4 is 40.5 Å². The van der Waals surface area contributed by atoms with Gasteiger partial charge in [-0.2, -0.15) is 5.10 Å². The van der Waals surface area contributed by atoms with Gasteiger partial charge in [0.15, 0.2) is 0 Å². The zero-order chi connectivity index (χ0) is 30.0. The molecule has 0 atom stereocenters. The van der Waals surface area contributed by atoms with E-state index in [1.165, 1.54) is 12.1 Å². The van der Waals surface area contributed by atoms with E-state index in [1.54, 1.807) is 12.4 Å². The maximum atomic E-state index is 13.7. The van der Waals surface area contributed by atoms with Gasteiger partial charge in [0.1, 0.15) is 29.5 Å². The first kappa shape index (κ1) is 28.8. The van der Waals surface area contributed by atoms with Crippen LogP contribution >= 0.6 is 7.14 Å². The lowest BCUT2D eigenvalue weighted by molar-refractivity contribution is 0.271. The molecule has 1 N–H and O–H groups in total. The SMILES string of the molecule is CCN(CCP(C)(C)=O)Cc1ccc(-c2ccc3ncnc(Nc4ccc5c(cnn5Cc5cccc(F)c5)c4)c3c2)o1. The van der Waals surface area contributed by atoms with Gasteiger partial charge in [-0.3, -0.25) is 9.58 Å². The lowest BCUT2D eigenvalue weighted by atomic mass is 10.1. The van der Waals surface area contributed by atoms with Crippen LogP contribution in [-0.2, 0) is 17.7 Å². The smallest absolute Gasteiger partial charge is 0.141 e. The number of anilines is 2. The van der Waals surface area contributed by atoms with Gasteiger partial charge in [-0.05, 0) is 86.1 Å².